The number of aliphatic hydroxyl groups excluding tert-OH is 6. The van der Waals surface area contributed by atoms with Crippen LogP contribution >= 0.6 is 0 Å². The standard InChI is InChI=1S/C29H54N4O13/c1-17-22(37)24(39)26(41)28(45-17)43-15-11-31-10-6-13-33(21(36)8-5-4-7-19(34)30-3)14-9-20(35)32-12-16-44-29-27(42)25(40)23(38)18(2)46-29/h17-18,22-29,31,37-42H,4-16H2,1-3H3,(H,30,34)(H,32,35)/t17-,18-,22+,23+,24+,25+,26-,27-,28+,29+/m0/s1. The third kappa shape index (κ3) is 13.2. The number of hydrogen-bond acceptors (Lipinski definition) is 14. The molecule has 0 aromatic rings. The lowest BCUT2D eigenvalue weighted by Gasteiger charge is -2.38. The van der Waals surface area contributed by atoms with Crippen molar-refractivity contribution in [3.8, 4) is 0 Å². The van der Waals surface area contributed by atoms with Crippen LogP contribution in [-0.2, 0) is 33.3 Å². The average Bonchev–Trinajstić information content (AvgIpc) is 3.04. The van der Waals surface area contributed by atoms with Crippen molar-refractivity contribution in [2.75, 3.05) is 53.0 Å². The molecule has 46 heavy (non-hydrogen) atoms. The summed E-state index contributed by atoms with van der Waals surface area (Å²) in [5.41, 5.74) is 0. The Morgan fingerprint density at radius 2 is 1.20 bits per heavy atom. The topological polar surface area (TPSA) is 249 Å². The van der Waals surface area contributed by atoms with Gasteiger partial charge in [-0.15, -0.1) is 0 Å². The lowest BCUT2D eigenvalue weighted by Crippen LogP contribution is -2.57. The van der Waals surface area contributed by atoms with Crippen molar-refractivity contribution >= 4 is 17.7 Å². The number of carbonyl (C=O) groups excluding carboxylic acids is 3. The molecule has 17 nitrogen and oxygen atoms in total. The molecule has 0 unspecified atom stereocenters. The number of aliphatic hydroxyl groups is 6. The molecule has 2 aliphatic rings. The van der Waals surface area contributed by atoms with Gasteiger partial charge in [0.2, 0.25) is 17.7 Å². The molecule has 0 spiro atoms. The predicted octanol–water partition coefficient (Wildman–Crippen LogP) is -3.70. The zero-order valence-electron chi connectivity index (χ0n) is 27.0. The van der Waals surface area contributed by atoms with Crippen molar-refractivity contribution in [1.82, 2.24) is 20.9 Å². The Kier molecular flexibility index (Phi) is 18.4. The Morgan fingerprint density at radius 3 is 1.76 bits per heavy atom. The second-order valence-corrected chi connectivity index (χ2v) is 11.6. The van der Waals surface area contributed by atoms with Gasteiger partial charge in [0.15, 0.2) is 12.6 Å². The van der Waals surface area contributed by atoms with Gasteiger partial charge < -0.3 is 70.4 Å². The number of nitrogens with zero attached hydrogens (tertiary/aromatic N) is 1. The van der Waals surface area contributed by atoms with Crippen molar-refractivity contribution in [2.45, 2.75) is 114 Å². The van der Waals surface area contributed by atoms with E-state index < -0.39 is 61.4 Å². The first-order valence-corrected chi connectivity index (χ1v) is 16.0. The van der Waals surface area contributed by atoms with Crippen LogP contribution in [0.1, 0.15) is 52.4 Å². The summed E-state index contributed by atoms with van der Waals surface area (Å²) in [6.45, 7) is 4.85. The molecule has 2 fully saturated rings. The van der Waals surface area contributed by atoms with E-state index in [0.717, 1.165) is 0 Å². The highest BCUT2D eigenvalue weighted by Gasteiger charge is 2.43. The van der Waals surface area contributed by atoms with E-state index in [2.05, 4.69) is 16.0 Å². The van der Waals surface area contributed by atoms with Gasteiger partial charge in [0.1, 0.15) is 36.6 Å². The maximum absolute atomic E-state index is 12.9. The number of carbonyl (C=O) groups is 3. The van der Waals surface area contributed by atoms with E-state index in [-0.39, 0.29) is 56.9 Å². The summed E-state index contributed by atoms with van der Waals surface area (Å²) in [4.78, 5) is 38.5. The quantitative estimate of drug-likeness (QED) is 0.0568. The van der Waals surface area contributed by atoms with Crippen LogP contribution in [0.4, 0.5) is 0 Å². The van der Waals surface area contributed by atoms with Gasteiger partial charge in [0, 0.05) is 52.5 Å². The molecule has 0 bridgehead atoms. The number of rotatable bonds is 20. The van der Waals surface area contributed by atoms with Crippen LogP contribution in [0.25, 0.3) is 0 Å². The first-order valence-electron chi connectivity index (χ1n) is 16.0. The van der Waals surface area contributed by atoms with Crippen LogP contribution in [0.15, 0.2) is 0 Å². The predicted molar refractivity (Wildman–Crippen MR) is 161 cm³/mol. The van der Waals surface area contributed by atoms with E-state index in [0.29, 0.717) is 45.3 Å². The molecular formula is C29H54N4O13. The van der Waals surface area contributed by atoms with Crippen molar-refractivity contribution in [3.63, 3.8) is 0 Å². The van der Waals surface area contributed by atoms with Crippen LogP contribution in [0.2, 0.25) is 0 Å². The van der Waals surface area contributed by atoms with Gasteiger partial charge in [0.25, 0.3) is 0 Å². The van der Waals surface area contributed by atoms with Gasteiger partial charge in [0.05, 0.1) is 25.4 Å². The highest BCUT2D eigenvalue weighted by Crippen LogP contribution is 2.22. The molecule has 2 heterocycles. The van der Waals surface area contributed by atoms with Gasteiger partial charge in [-0.3, -0.25) is 14.4 Å². The second kappa shape index (κ2) is 21.0. The summed E-state index contributed by atoms with van der Waals surface area (Å²) in [6.07, 6.45) is -9.45. The maximum atomic E-state index is 12.9. The van der Waals surface area contributed by atoms with Crippen molar-refractivity contribution in [3.05, 3.63) is 0 Å². The van der Waals surface area contributed by atoms with E-state index in [1.165, 1.54) is 6.92 Å². The molecule has 3 amide bonds. The minimum Gasteiger partial charge on any atom is -0.388 e. The summed E-state index contributed by atoms with van der Waals surface area (Å²) in [5.74, 6) is -0.544. The fourth-order valence-electron chi connectivity index (χ4n) is 4.97. The molecule has 10 atom stereocenters. The van der Waals surface area contributed by atoms with Crippen molar-refractivity contribution in [2.24, 2.45) is 0 Å². The molecule has 2 saturated heterocycles. The van der Waals surface area contributed by atoms with Crippen LogP contribution in [-0.4, -0.2) is 168 Å². The molecule has 0 aromatic carbocycles. The summed E-state index contributed by atoms with van der Waals surface area (Å²) in [6, 6.07) is 0. The van der Waals surface area contributed by atoms with Crippen LogP contribution < -0.4 is 16.0 Å². The monoisotopic (exact) mass is 666 g/mol. The van der Waals surface area contributed by atoms with Gasteiger partial charge in [-0.05, 0) is 39.7 Å². The molecular weight excluding hydrogens is 612 g/mol. The van der Waals surface area contributed by atoms with Crippen LogP contribution in [0, 0.1) is 0 Å². The molecule has 9 N–H and O–H groups in total. The van der Waals surface area contributed by atoms with E-state index in [4.69, 9.17) is 18.9 Å². The Labute approximate surface area is 269 Å². The molecule has 0 aromatic heterocycles. The third-order valence-corrected chi connectivity index (χ3v) is 7.95. The highest BCUT2D eigenvalue weighted by molar-refractivity contribution is 5.79. The van der Waals surface area contributed by atoms with Crippen LogP contribution in [0.3, 0.4) is 0 Å². The second-order valence-electron chi connectivity index (χ2n) is 11.6. The number of nitrogens with one attached hydrogen (secondary N) is 3. The van der Waals surface area contributed by atoms with E-state index in [1.807, 2.05) is 0 Å². The first kappa shape index (κ1) is 40.1. The number of amides is 3. The average molecular weight is 667 g/mol. The minimum absolute atomic E-state index is 0.0141. The number of hydrogen-bond donors (Lipinski definition) is 9. The fraction of sp³-hybridized carbons (Fsp3) is 0.897. The summed E-state index contributed by atoms with van der Waals surface area (Å²) in [7, 11) is 1.55. The minimum atomic E-state index is -1.44. The largest absolute Gasteiger partial charge is 0.388 e. The summed E-state index contributed by atoms with van der Waals surface area (Å²) in [5, 5.41) is 67.8. The van der Waals surface area contributed by atoms with Gasteiger partial charge >= 0.3 is 0 Å². The Hall–Kier alpha value is -2.03. The lowest BCUT2D eigenvalue weighted by atomic mass is 10.0. The smallest absolute Gasteiger partial charge is 0.222 e. The Balaban J connectivity index is 1.71. The maximum Gasteiger partial charge on any atom is 0.222 e. The molecule has 0 radical (unpaired) electrons. The van der Waals surface area contributed by atoms with Gasteiger partial charge in [-0.2, -0.15) is 0 Å². The summed E-state index contributed by atoms with van der Waals surface area (Å²) >= 11 is 0. The van der Waals surface area contributed by atoms with E-state index in [9.17, 15) is 45.0 Å². The van der Waals surface area contributed by atoms with Gasteiger partial charge in [-0.1, -0.05) is 0 Å². The zero-order chi connectivity index (χ0) is 34.2. The molecule has 0 saturated carbocycles. The van der Waals surface area contributed by atoms with Crippen LogP contribution in [0.5, 0.6) is 0 Å². The van der Waals surface area contributed by atoms with Gasteiger partial charge in [-0.25, -0.2) is 0 Å². The normalized spacial score (nSPS) is 31.3. The van der Waals surface area contributed by atoms with Crippen molar-refractivity contribution in [1.29, 1.82) is 0 Å². The highest BCUT2D eigenvalue weighted by atomic mass is 16.7. The Morgan fingerprint density at radius 1 is 0.652 bits per heavy atom. The lowest BCUT2D eigenvalue weighted by molar-refractivity contribution is -0.292. The molecule has 0 aliphatic carbocycles. The van der Waals surface area contributed by atoms with E-state index in [1.54, 1.807) is 18.9 Å². The molecule has 2 aliphatic heterocycles. The third-order valence-electron chi connectivity index (χ3n) is 7.95. The zero-order valence-corrected chi connectivity index (χ0v) is 27.0. The molecule has 268 valence electrons. The SMILES string of the molecule is CNC(=O)CCCCC(=O)N(CCCNCCO[C@@H]1O[C@@H](C)[C@@H](O)[C@@H](O)[C@@H]1O)CCC(=O)NCCO[C@@H]1O[C@@H](C)[C@@H](O)[C@@H](O)[C@@H]1O. The number of ether oxygens (including phenoxy) is 4. The molecule has 2 rings (SSSR count). The first-order chi connectivity index (χ1) is 21.9. The fourth-order valence-corrected chi connectivity index (χ4v) is 4.97. The van der Waals surface area contributed by atoms with E-state index >= 15 is 0 Å². The molecule has 17 heteroatoms. The van der Waals surface area contributed by atoms with Crippen molar-refractivity contribution < 1.29 is 64.0 Å². The Bertz CT molecular complexity index is 918. The number of unbranched alkanes of at least 4 members (excludes halogenated alkanes) is 1. The summed E-state index contributed by atoms with van der Waals surface area (Å²) < 4.78 is 21.7.